The van der Waals surface area contributed by atoms with Crippen LogP contribution >= 0.6 is 38.6 Å². The topological polar surface area (TPSA) is 121 Å². The van der Waals surface area contributed by atoms with Crippen LogP contribution in [-0.4, -0.2) is 31.5 Å². The number of thiophene rings is 1. The highest BCUT2D eigenvalue weighted by molar-refractivity contribution is 9.11. The number of primary sulfonamides is 1. The molecule has 1 aromatic carbocycles. The fourth-order valence-corrected chi connectivity index (χ4v) is 5.33. The van der Waals surface area contributed by atoms with Gasteiger partial charge in [0.15, 0.2) is 4.80 Å². The molecule has 0 aliphatic carbocycles. The fourth-order valence-electron chi connectivity index (χ4n) is 2.38. The average molecular weight is 504 g/mol. The first-order valence-electron chi connectivity index (χ1n) is 7.85. The number of carbonyl (C=O) groups is 2. The number of nitrogens with two attached hydrogens (primary N) is 1. The molecular weight excluding hydrogens is 490 g/mol. The maximum absolute atomic E-state index is 12.5. The van der Waals surface area contributed by atoms with E-state index >= 15 is 0 Å². The molecule has 148 valence electrons. The zero-order valence-corrected chi connectivity index (χ0v) is 18.5. The van der Waals surface area contributed by atoms with Gasteiger partial charge in [0.05, 0.1) is 30.4 Å². The molecule has 3 rings (SSSR count). The first-order valence-corrected chi connectivity index (χ1v) is 11.8. The zero-order chi connectivity index (χ0) is 20.5. The van der Waals surface area contributed by atoms with Crippen molar-refractivity contribution in [2.45, 2.75) is 18.4 Å². The molecule has 0 bridgehead atoms. The summed E-state index contributed by atoms with van der Waals surface area (Å²) < 4.78 is 31.1. The third-order valence-electron chi connectivity index (χ3n) is 3.56. The predicted octanol–water partition coefficient (Wildman–Crippen LogP) is 2.48. The van der Waals surface area contributed by atoms with Crippen molar-refractivity contribution in [2.24, 2.45) is 10.1 Å². The molecule has 1 amide bonds. The lowest BCUT2D eigenvalue weighted by atomic mass is 10.3. The van der Waals surface area contributed by atoms with Crippen molar-refractivity contribution >= 4 is 70.7 Å². The number of ether oxygens (including phenoxy) is 1. The number of hydrogen-bond donors (Lipinski definition) is 1. The molecule has 3 aromatic rings. The molecular formula is C16H14BrN3O5S3. The van der Waals surface area contributed by atoms with Gasteiger partial charge in [-0.1, -0.05) is 11.3 Å². The molecule has 0 radical (unpaired) electrons. The van der Waals surface area contributed by atoms with E-state index in [1.807, 2.05) is 0 Å². The summed E-state index contributed by atoms with van der Waals surface area (Å²) in [5, 5.41) is 5.19. The lowest BCUT2D eigenvalue weighted by Crippen LogP contribution is -2.23. The number of esters is 1. The number of thiazole rings is 1. The van der Waals surface area contributed by atoms with Crippen LogP contribution in [0.1, 0.15) is 16.6 Å². The van der Waals surface area contributed by atoms with Crippen molar-refractivity contribution in [1.82, 2.24) is 4.57 Å². The number of amides is 1. The Morgan fingerprint density at radius 3 is 2.61 bits per heavy atom. The summed E-state index contributed by atoms with van der Waals surface area (Å²) in [6.45, 7) is 1.74. The number of sulfonamides is 1. The van der Waals surface area contributed by atoms with Crippen LogP contribution in [0.4, 0.5) is 0 Å². The maximum Gasteiger partial charge on any atom is 0.326 e. The molecule has 8 nitrogen and oxygen atoms in total. The molecule has 12 heteroatoms. The van der Waals surface area contributed by atoms with Crippen molar-refractivity contribution < 1.29 is 22.7 Å². The molecule has 0 spiro atoms. The number of aromatic nitrogens is 1. The Balaban J connectivity index is 2.16. The van der Waals surface area contributed by atoms with Crippen molar-refractivity contribution in [3.63, 3.8) is 0 Å². The fraction of sp³-hybridized carbons (Fsp3) is 0.188. The summed E-state index contributed by atoms with van der Waals surface area (Å²) in [7, 11) is -3.89. The summed E-state index contributed by atoms with van der Waals surface area (Å²) in [5.41, 5.74) is 0.546. The van der Waals surface area contributed by atoms with Gasteiger partial charge >= 0.3 is 5.97 Å². The van der Waals surface area contributed by atoms with E-state index in [2.05, 4.69) is 20.9 Å². The number of halogens is 1. The van der Waals surface area contributed by atoms with E-state index in [-0.39, 0.29) is 22.8 Å². The molecule has 28 heavy (non-hydrogen) atoms. The van der Waals surface area contributed by atoms with Crippen LogP contribution in [0.25, 0.3) is 10.2 Å². The Labute approximate surface area is 176 Å². The Morgan fingerprint density at radius 1 is 1.25 bits per heavy atom. The highest BCUT2D eigenvalue weighted by Gasteiger charge is 2.16. The standard InChI is InChI=1S/C16H14BrN3O5S3/c1-2-25-14(21)8-20-10-4-3-9(28(18,23)24)7-12(10)27-16(20)19-15(22)11-5-6-13(17)26-11/h3-7H,2,8H2,1H3,(H2,18,23,24). The van der Waals surface area contributed by atoms with Gasteiger partial charge in [-0.05, 0) is 53.2 Å². The molecule has 0 fully saturated rings. The van der Waals surface area contributed by atoms with E-state index in [1.54, 1.807) is 19.1 Å². The second-order valence-electron chi connectivity index (χ2n) is 5.47. The molecule has 0 aliphatic rings. The van der Waals surface area contributed by atoms with Crippen LogP contribution in [-0.2, 0) is 26.1 Å². The molecule has 0 saturated heterocycles. The molecule has 2 heterocycles. The Kier molecular flexibility index (Phi) is 6.15. The van der Waals surface area contributed by atoms with E-state index in [9.17, 15) is 18.0 Å². The smallest absolute Gasteiger partial charge is 0.326 e. The van der Waals surface area contributed by atoms with Crippen LogP contribution < -0.4 is 9.94 Å². The van der Waals surface area contributed by atoms with E-state index in [0.717, 1.165) is 15.1 Å². The quantitative estimate of drug-likeness (QED) is 0.536. The first kappa shape index (κ1) is 20.9. The SMILES string of the molecule is CCOC(=O)Cn1c(=NC(=O)c2ccc(Br)s2)sc2cc(S(N)(=O)=O)ccc21. The van der Waals surface area contributed by atoms with Gasteiger partial charge in [0.2, 0.25) is 10.0 Å². The number of benzene rings is 1. The summed E-state index contributed by atoms with van der Waals surface area (Å²) in [4.78, 5) is 29.2. The highest BCUT2D eigenvalue weighted by Crippen LogP contribution is 2.24. The average Bonchev–Trinajstić information content (AvgIpc) is 3.18. The third-order valence-corrected chi connectivity index (χ3v) is 7.12. The van der Waals surface area contributed by atoms with E-state index in [0.29, 0.717) is 15.1 Å². The Morgan fingerprint density at radius 2 is 2.00 bits per heavy atom. The van der Waals surface area contributed by atoms with Gasteiger partial charge in [0.25, 0.3) is 5.91 Å². The van der Waals surface area contributed by atoms with Crippen molar-refractivity contribution in [3.05, 3.63) is 43.8 Å². The van der Waals surface area contributed by atoms with Crippen molar-refractivity contribution in [1.29, 1.82) is 0 Å². The van der Waals surface area contributed by atoms with Crippen LogP contribution in [0.3, 0.4) is 0 Å². The first-order chi connectivity index (χ1) is 13.2. The highest BCUT2D eigenvalue weighted by atomic mass is 79.9. The third kappa shape index (κ3) is 4.58. The number of fused-ring (bicyclic) bond motifs is 1. The van der Waals surface area contributed by atoms with Gasteiger partial charge < -0.3 is 9.30 Å². The van der Waals surface area contributed by atoms with E-state index in [4.69, 9.17) is 9.88 Å². The summed E-state index contributed by atoms with van der Waals surface area (Å²) >= 11 is 5.62. The predicted molar refractivity (Wildman–Crippen MR) is 110 cm³/mol. The minimum Gasteiger partial charge on any atom is -0.465 e. The molecule has 0 aliphatic heterocycles. The van der Waals surface area contributed by atoms with E-state index in [1.165, 1.54) is 34.1 Å². The lowest BCUT2D eigenvalue weighted by Gasteiger charge is -2.05. The second kappa shape index (κ2) is 8.25. The largest absolute Gasteiger partial charge is 0.465 e. The van der Waals surface area contributed by atoms with Crippen LogP contribution in [0.5, 0.6) is 0 Å². The van der Waals surface area contributed by atoms with Gasteiger partial charge in [-0.15, -0.1) is 11.3 Å². The van der Waals surface area contributed by atoms with Crippen LogP contribution in [0, 0.1) is 0 Å². The zero-order valence-electron chi connectivity index (χ0n) is 14.4. The van der Waals surface area contributed by atoms with Gasteiger partial charge in [-0.3, -0.25) is 9.59 Å². The number of rotatable bonds is 5. The maximum atomic E-state index is 12.5. The number of carbonyl (C=O) groups excluding carboxylic acids is 2. The van der Waals surface area contributed by atoms with Gasteiger partial charge in [-0.2, -0.15) is 4.99 Å². The molecule has 2 N–H and O–H groups in total. The normalized spacial score (nSPS) is 12.5. The molecule has 0 unspecified atom stereocenters. The Hall–Kier alpha value is -1.86. The molecule has 0 atom stereocenters. The number of hydrogen-bond acceptors (Lipinski definition) is 7. The van der Waals surface area contributed by atoms with Crippen LogP contribution in [0.15, 0.2) is 44.0 Å². The summed E-state index contributed by atoms with van der Waals surface area (Å²) in [6, 6.07) is 7.64. The lowest BCUT2D eigenvalue weighted by molar-refractivity contribution is -0.143. The molecule has 2 aromatic heterocycles. The second-order valence-corrected chi connectivity index (χ2v) is 10.5. The van der Waals surface area contributed by atoms with E-state index < -0.39 is 21.9 Å². The van der Waals surface area contributed by atoms with Crippen LogP contribution in [0.2, 0.25) is 0 Å². The summed E-state index contributed by atoms with van der Waals surface area (Å²) in [5.74, 6) is -0.961. The van der Waals surface area contributed by atoms with Crippen molar-refractivity contribution in [2.75, 3.05) is 6.61 Å². The minimum absolute atomic E-state index is 0.0652. The van der Waals surface area contributed by atoms with Gasteiger partial charge in [0, 0.05) is 0 Å². The van der Waals surface area contributed by atoms with Crippen molar-refractivity contribution in [3.8, 4) is 0 Å². The Bertz CT molecular complexity index is 1240. The number of nitrogens with zero attached hydrogens (tertiary/aromatic N) is 2. The van der Waals surface area contributed by atoms with Gasteiger partial charge in [-0.25, -0.2) is 13.6 Å². The van der Waals surface area contributed by atoms with Gasteiger partial charge in [0.1, 0.15) is 6.54 Å². The monoisotopic (exact) mass is 503 g/mol. The molecule has 0 saturated carbocycles. The summed E-state index contributed by atoms with van der Waals surface area (Å²) in [6.07, 6.45) is 0. The minimum atomic E-state index is -3.89.